The van der Waals surface area contributed by atoms with Gasteiger partial charge in [0.1, 0.15) is 11.5 Å². The van der Waals surface area contributed by atoms with E-state index in [1.165, 1.54) is 0 Å². The molecule has 4 aromatic rings. The summed E-state index contributed by atoms with van der Waals surface area (Å²) in [4.78, 5) is 4.65. The van der Waals surface area contributed by atoms with E-state index in [-0.39, 0.29) is 11.6 Å². The summed E-state index contributed by atoms with van der Waals surface area (Å²) in [5.74, 6) is 0.976. The van der Waals surface area contributed by atoms with Gasteiger partial charge in [-0.25, -0.2) is 8.42 Å². The molecule has 0 saturated heterocycles. The molecule has 0 amide bonds. The second kappa shape index (κ2) is 7.61. The first kappa shape index (κ1) is 19.6. The maximum absolute atomic E-state index is 12.8. The van der Waals surface area contributed by atoms with Crippen LogP contribution in [0.5, 0.6) is 0 Å². The number of hydrogen-bond acceptors (Lipinski definition) is 6. The first-order valence-corrected chi connectivity index (χ1v) is 11.3. The second-order valence-corrected chi connectivity index (χ2v) is 9.51. The van der Waals surface area contributed by atoms with Gasteiger partial charge >= 0.3 is 0 Å². The molecule has 29 heavy (non-hydrogen) atoms. The molecule has 0 aliphatic heterocycles. The van der Waals surface area contributed by atoms with Crippen molar-refractivity contribution in [2.24, 2.45) is 0 Å². The van der Waals surface area contributed by atoms with Crippen molar-refractivity contribution in [1.82, 2.24) is 10.1 Å². The number of sulfone groups is 1. The topological polar surface area (TPSA) is 86.2 Å². The summed E-state index contributed by atoms with van der Waals surface area (Å²) in [5.41, 5.74) is 2.51. The smallest absolute Gasteiger partial charge is 0.293 e. The molecule has 0 unspecified atom stereocenters. The van der Waals surface area contributed by atoms with Crippen molar-refractivity contribution < 1.29 is 17.4 Å². The van der Waals surface area contributed by atoms with Gasteiger partial charge in [0.15, 0.2) is 15.6 Å². The van der Waals surface area contributed by atoms with E-state index in [4.69, 9.17) is 8.94 Å². The molecule has 0 bridgehead atoms. The fraction of sp³-hybridized carbons (Fsp3) is 0.143. The monoisotopic (exact) mass is 472 g/mol. The quantitative estimate of drug-likeness (QED) is 0.389. The fourth-order valence-corrected chi connectivity index (χ4v) is 5.03. The van der Waals surface area contributed by atoms with Crippen molar-refractivity contribution in [3.63, 3.8) is 0 Å². The Morgan fingerprint density at radius 3 is 2.59 bits per heavy atom. The third-order valence-corrected chi connectivity index (χ3v) is 6.90. The first-order valence-electron chi connectivity index (χ1n) is 8.81. The first-order chi connectivity index (χ1) is 13.8. The van der Waals surface area contributed by atoms with Crippen LogP contribution in [-0.2, 0) is 15.6 Å². The van der Waals surface area contributed by atoms with Gasteiger partial charge in [-0.3, -0.25) is 0 Å². The highest BCUT2D eigenvalue weighted by Gasteiger charge is 2.21. The summed E-state index contributed by atoms with van der Waals surface area (Å²) in [6.07, 6.45) is 0. The van der Waals surface area contributed by atoms with Crippen LogP contribution >= 0.6 is 15.9 Å². The summed E-state index contributed by atoms with van der Waals surface area (Å²) in [6.45, 7) is 3.71. The van der Waals surface area contributed by atoms with E-state index >= 15 is 0 Å². The zero-order chi connectivity index (χ0) is 20.6. The van der Waals surface area contributed by atoms with Gasteiger partial charge in [-0.2, -0.15) is 4.98 Å². The molecular weight excluding hydrogens is 456 g/mol. The lowest BCUT2D eigenvalue weighted by atomic mass is 10.2. The fourth-order valence-electron chi connectivity index (χ4n) is 3.06. The van der Waals surface area contributed by atoms with Crippen LogP contribution < -0.4 is 0 Å². The van der Waals surface area contributed by atoms with Crippen molar-refractivity contribution >= 4 is 25.8 Å². The van der Waals surface area contributed by atoms with E-state index in [0.717, 1.165) is 15.6 Å². The average molecular weight is 473 g/mol. The second-order valence-electron chi connectivity index (χ2n) is 6.70. The van der Waals surface area contributed by atoms with Crippen LogP contribution in [0.15, 0.2) is 72.9 Å². The van der Waals surface area contributed by atoms with Crippen molar-refractivity contribution in [1.29, 1.82) is 0 Å². The molecule has 2 aromatic carbocycles. The SMILES string of the molecule is Cc1ccc(S(=O)(=O)Cc2ccc(-c3nc(-c4ccccc4Br)no3)o2)c(C)c1. The summed E-state index contributed by atoms with van der Waals surface area (Å²) >= 11 is 3.46. The van der Waals surface area contributed by atoms with Gasteiger partial charge in [-0.05, 0) is 49.7 Å². The van der Waals surface area contributed by atoms with Crippen molar-refractivity contribution in [3.8, 4) is 23.0 Å². The summed E-state index contributed by atoms with van der Waals surface area (Å²) in [5, 5.41) is 3.98. The van der Waals surface area contributed by atoms with E-state index in [1.54, 1.807) is 31.2 Å². The number of hydrogen-bond donors (Lipinski definition) is 0. The number of aromatic nitrogens is 2. The minimum atomic E-state index is -3.54. The molecule has 0 fully saturated rings. The number of aryl methyl sites for hydroxylation is 2. The summed E-state index contributed by atoms with van der Waals surface area (Å²) in [7, 11) is -3.54. The molecule has 6 nitrogen and oxygen atoms in total. The third-order valence-electron chi connectivity index (χ3n) is 4.41. The lowest BCUT2D eigenvalue weighted by Gasteiger charge is -2.07. The predicted molar refractivity (Wildman–Crippen MR) is 112 cm³/mol. The molecule has 4 rings (SSSR count). The minimum Gasteiger partial charge on any atom is -0.455 e. The summed E-state index contributed by atoms with van der Waals surface area (Å²) < 4.78 is 37.4. The van der Waals surface area contributed by atoms with Crippen LogP contribution in [0.2, 0.25) is 0 Å². The Kier molecular flexibility index (Phi) is 5.14. The molecule has 0 aliphatic carbocycles. The molecule has 0 saturated carbocycles. The predicted octanol–water partition coefficient (Wildman–Crippen LogP) is 5.35. The van der Waals surface area contributed by atoms with Crippen LogP contribution in [0.1, 0.15) is 16.9 Å². The van der Waals surface area contributed by atoms with Crippen LogP contribution in [0.4, 0.5) is 0 Å². The van der Waals surface area contributed by atoms with Gasteiger partial charge < -0.3 is 8.94 Å². The highest BCUT2D eigenvalue weighted by atomic mass is 79.9. The Morgan fingerprint density at radius 1 is 1.03 bits per heavy atom. The largest absolute Gasteiger partial charge is 0.455 e. The molecular formula is C21H17BrN2O4S. The molecule has 148 valence electrons. The van der Waals surface area contributed by atoms with Gasteiger partial charge in [0, 0.05) is 10.0 Å². The Balaban J connectivity index is 1.59. The molecule has 0 N–H and O–H groups in total. The average Bonchev–Trinajstić information content (AvgIpc) is 3.31. The molecule has 0 radical (unpaired) electrons. The Morgan fingerprint density at radius 2 is 1.83 bits per heavy atom. The Bertz CT molecular complexity index is 1290. The standard InChI is InChI=1S/C21H17BrN2O4S/c1-13-7-10-19(14(2)11-13)29(25,26)12-15-8-9-18(27-15)21-23-20(24-28-21)16-5-3-4-6-17(16)22/h3-11H,12H2,1-2H3. The number of nitrogens with zero attached hydrogens (tertiary/aromatic N) is 2. The van der Waals surface area contributed by atoms with Crippen LogP contribution in [0, 0.1) is 13.8 Å². The van der Waals surface area contributed by atoms with Crippen LogP contribution in [-0.4, -0.2) is 18.6 Å². The van der Waals surface area contributed by atoms with Crippen molar-refractivity contribution in [2.45, 2.75) is 24.5 Å². The highest BCUT2D eigenvalue weighted by molar-refractivity contribution is 9.10. The van der Waals surface area contributed by atoms with E-state index in [1.807, 2.05) is 37.3 Å². The lowest BCUT2D eigenvalue weighted by molar-refractivity contribution is 0.413. The maximum atomic E-state index is 12.8. The molecule has 2 heterocycles. The Hall–Kier alpha value is -2.71. The summed E-state index contributed by atoms with van der Waals surface area (Å²) in [6, 6.07) is 16.0. The molecule has 0 spiro atoms. The van der Waals surface area contributed by atoms with E-state index in [9.17, 15) is 8.42 Å². The maximum Gasteiger partial charge on any atom is 0.293 e. The number of halogens is 1. The van der Waals surface area contributed by atoms with Crippen LogP contribution in [0.25, 0.3) is 23.0 Å². The molecule has 8 heteroatoms. The van der Waals surface area contributed by atoms with E-state index in [2.05, 4.69) is 26.1 Å². The minimum absolute atomic E-state index is 0.186. The molecule has 0 atom stereocenters. The molecule has 0 aliphatic rings. The normalized spacial score (nSPS) is 11.7. The van der Waals surface area contributed by atoms with Crippen molar-refractivity contribution in [3.05, 3.63) is 76.0 Å². The third kappa shape index (κ3) is 4.04. The van der Waals surface area contributed by atoms with Gasteiger partial charge in [0.25, 0.3) is 5.89 Å². The zero-order valence-electron chi connectivity index (χ0n) is 15.7. The zero-order valence-corrected chi connectivity index (χ0v) is 18.1. The van der Waals surface area contributed by atoms with Gasteiger partial charge in [0.05, 0.1) is 4.90 Å². The van der Waals surface area contributed by atoms with E-state index in [0.29, 0.717) is 27.8 Å². The number of benzene rings is 2. The highest BCUT2D eigenvalue weighted by Crippen LogP contribution is 2.29. The number of furan rings is 1. The van der Waals surface area contributed by atoms with Gasteiger partial charge in [-0.1, -0.05) is 50.9 Å². The molecule has 2 aromatic heterocycles. The van der Waals surface area contributed by atoms with E-state index < -0.39 is 9.84 Å². The van der Waals surface area contributed by atoms with Gasteiger partial charge in [0.2, 0.25) is 5.82 Å². The van der Waals surface area contributed by atoms with Crippen molar-refractivity contribution in [2.75, 3.05) is 0 Å². The van der Waals surface area contributed by atoms with Crippen LogP contribution in [0.3, 0.4) is 0 Å². The Labute approximate surface area is 176 Å². The number of rotatable bonds is 5. The lowest BCUT2D eigenvalue weighted by Crippen LogP contribution is -2.06. The van der Waals surface area contributed by atoms with Gasteiger partial charge in [-0.15, -0.1) is 0 Å².